The number of nitrogens with one attached hydrogen (secondary N) is 1. The average molecular weight is 284 g/mol. The Labute approximate surface area is 121 Å². The molecule has 108 valence electrons. The van der Waals surface area contributed by atoms with Crippen LogP contribution in [0.2, 0.25) is 0 Å². The molecular weight excluding hydrogens is 268 g/mol. The van der Waals surface area contributed by atoms with Gasteiger partial charge in [-0.3, -0.25) is 9.59 Å². The Kier molecular flexibility index (Phi) is 3.33. The second-order valence-corrected chi connectivity index (χ2v) is 5.44. The summed E-state index contributed by atoms with van der Waals surface area (Å²) in [7, 11) is 0. The number of aryl methyl sites for hydroxylation is 1. The Bertz CT molecular complexity index is 788. The zero-order valence-corrected chi connectivity index (χ0v) is 11.8. The highest BCUT2D eigenvalue weighted by atomic mass is 16.2. The first kappa shape index (κ1) is 13.5. The minimum absolute atomic E-state index is 0.0106. The van der Waals surface area contributed by atoms with Gasteiger partial charge in [-0.05, 0) is 31.4 Å². The SMILES string of the molecule is Cc1ccc2c(C(=O)NC3CC3)cc(=O)n(CC=O)c2c1. The van der Waals surface area contributed by atoms with E-state index >= 15 is 0 Å². The number of rotatable bonds is 4. The van der Waals surface area contributed by atoms with Gasteiger partial charge >= 0.3 is 0 Å². The zero-order valence-electron chi connectivity index (χ0n) is 11.8. The molecule has 1 aliphatic rings. The van der Waals surface area contributed by atoms with E-state index in [-0.39, 0.29) is 24.1 Å². The predicted molar refractivity (Wildman–Crippen MR) is 79.5 cm³/mol. The van der Waals surface area contributed by atoms with Gasteiger partial charge in [0.2, 0.25) is 0 Å². The Morgan fingerprint density at radius 1 is 1.38 bits per heavy atom. The van der Waals surface area contributed by atoms with Gasteiger partial charge in [-0.25, -0.2) is 0 Å². The normalized spacial score (nSPS) is 14.1. The lowest BCUT2D eigenvalue weighted by atomic mass is 10.1. The molecule has 0 spiro atoms. The van der Waals surface area contributed by atoms with Gasteiger partial charge in [0.15, 0.2) is 0 Å². The van der Waals surface area contributed by atoms with E-state index in [0.29, 0.717) is 22.8 Å². The van der Waals surface area contributed by atoms with E-state index in [1.165, 1.54) is 10.6 Å². The molecule has 0 aliphatic heterocycles. The van der Waals surface area contributed by atoms with E-state index < -0.39 is 0 Å². The summed E-state index contributed by atoms with van der Waals surface area (Å²) in [5.74, 6) is -0.221. The van der Waals surface area contributed by atoms with E-state index in [4.69, 9.17) is 0 Å². The summed E-state index contributed by atoms with van der Waals surface area (Å²) in [4.78, 5) is 35.3. The number of amides is 1. The largest absolute Gasteiger partial charge is 0.349 e. The van der Waals surface area contributed by atoms with E-state index in [1.54, 1.807) is 0 Å². The molecule has 1 aliphatic carbocycles. The van der Waals surface area contributed by atoms with Crippen molar-refractivity contribution in [2.45, 2.75) is 32.4 Å². The molecule has 1 heterocycles. The van der Waals surface area contributed by atoms with Crippen LogP contribution in [-0.2, 0) is 11.3 Å². The summed E-state index contributed by atoms with van der Waals surface area (Å²) >= 11 is 0. The van der Waals surface area contributed by atoms with Gasteiger partial charge in [0, 0.05) is 17.5 Å². The number of hydrogen-bond donors (Lipinski definition) is 1. The number of aldehydes is 1. The van der Waals surface area contributed by atoms with Gasteiger partial charge in [0.1, 0.15) is 6.29 Å². The van der Waals surface area contributed by atoms with Crippen molar-refractivity contribution in [3.63, 3.8) is 0 Å². The summed E-state index contributed by atoms with van der Waals surface area (Å²) in [5, 5.41) is 3.59. The van der Waals surface area contributed by atoms with Crippen molar-refractivity contribution in [2.24, 2.45) is 0 Å². The summed E-state index contributed by atoms with van der Waals surface area (Å²) in [6.07, 6.45) is 2.67. The van der Waals surface area contributed by atoms with Crippen LogP contribution in [0.5, 0.6) is 0 Å². The molecule has 1 amide bonds. The van der Waals surface area contributed by atoms with Crippen molar-refractivity contribution in [3.05, 3.63) is 45.7 Å². The fraction of sp³-hybridized carbons (Fsp3) is 0.312. The van der Waals surface area contributed by atoms with Gasteiger partial charge < -0.3 is 14.7 Å². The number of fused-ring (bicyclic) bond motifs is 1. The number of benzene rings is 1. The fourth-order valence-corrected chi connectivity index (χ4v) is 2.43. The van der Waals surface area contributed by atoms with Crippen molar-refractivity contribution < 1.29 is 9.59 Å². The third-order valence-electron chi connectivity index (χ3n) is 3.68. The molecule has 2 aromatic rings. The molecule has 0 atom stereocenters. The molecule has 0 bridgehead atoms. The first-order valence-electron chi connectivity index (χ1n) is 6.99. The summed E-state index contributed by atoms with van der Waals surface area (Å²) < 4.78 is 1.39. The van der Waals surface area contributed by atoms with E-state index in [1.807, 2.05) is 25.1 Å². The first-order valence-corrected chi connectivity index (χ1v) is 6.99. The van der Waals surface area contributed by atoms with Crippen LogP contribution in [0.4, 0.5) is 0 Å². The molecule has 1 aromatic heterocycles. The van der Waals surface area contributed by atoms with Gasteiger partial charge in [0.25, 0.3) is 11.5 Å². The van der Waals surface area contributed by atoms with Crippen LogP contribution in [-0.4, -0.2) is 22.8 Å². The minimum atomic E-state index is -0.332. The molecule has 1 saturated carbocycles. The Hall–Kier alpha value is -2.43. The number of nitrogens with zero attached hydrogens (tertiary/aromatic N) is 1. The van der Waals surface area contributed by atoms with E-state index in [9.17, 15) is 14.4 Å². The summed E-state index contributed by atoms with van der Waals surface area (Å²) in [5.41, 5.74) is 1.64. The molecule has 0 saturated heterocycles. The molecule has 3 rings (SSSR count). The van der Waals surface area contributed by atoms with Crippen LogP contribution in [0.15, 0.2) is 29.1 Å². The van der Waals surface area contributed by atoms with Crippen molar-refractivity contribution in [1.29, 1.82) is 0 Å². The van der Waals surface area contributed by atoms with Gasteiger partial charge in [-0.2, -0.15) is 0 Å². The first-order chi connectivity index (χ1) is 10.1. The fourth-order valence-electron chi connectivity index (χ4n) is 2.43. The van der Waals surface area contributed by atoms with Gasteiger partial charge in [-0.1, -0.05) is 12.1 Å². The maximum Gasteiger partial charge on any atom is 0.252 e. The Balaban J connectivity index is 2.20. The molecule has 0 unspecified atom stereocenters. The standard InChI is InChI=1S/C16H16N2O3/c1-10-2-5-12-13(16(21)17-11-3-4-11)9-15(20)18(6-7-19)14(12)8-10/h2,5,7-9,11H,3-4,6H2,1H3,(H,17,21). The molecule has 5 nitrogen and oxygen atoms in total. The number of aromatic nitrogens is 1. The van der Waals surface area contributed by atoms with Crippen molar-refractivity contribution in [1.82, 2.24) is 9.88 Å². The molecule has 1 fully saturated rings. The topological polar surface area (TPSA) is 68.2 Å². The smallest absolute Gasteiger partial charge is 0.252 e. The molecule has 0 radical (unpaired) electrons. The molecule has 1 aromatic carbocycles. The minimum Gasteiger partial charge on any atom is -0.349 e. The summed E-state index contributed by atoms with van der Waals surface area (Å²) in [6.45, 7) is 1.90. The van der Waals surface area contributed by atoms with E-state index in [0.717, 1.165) is 18.4 Å². The molecule has 21 heavy (non-hydrogen) atoms. The van der Waals surface area contributed by atoms with Crippen LogP contribution in [0.3, 0.4) is 0 Å². The van der Waals surface area contributed by atoms with Crippen LogP contribution in [0, 0.1) is 6.92 Å². The lowest BCUT2D eigenvalue weighted by Gasteiger charge is -2.12. The quantitative estimate of drug-likeness (QED) is 0.863. The second-order valence-electron chi connectivity index (χ2n) is 5.44. The third-order valence-corrected chi connectivity index (χ3v) is 3.68. The average Bonchev–Trinajstić information content (AvgIpc) is 3.25. The number of carbonyl (C=O) groups excluding carboxylic acids is 2. The third kappa shape index (κ3) is 2.59. The lowest BCUT2D eigenvalue weighted by Crippen LogP contribution is -2.29. The number of pyridine rings is 1. The van der Waals surface area contributed by atoms with Crippen LogP contribution in [0.25, 0.3) is 10.9 Å². The predicted octanol–water partition coefficient (Wildman–Crippen LogP) is 1.40. The molecule has 1 N–H and O–H groups in total. The molecular formula is C16H16N2O3. The highest BCUT2D eigenvalue weighted by Crippen LogP contribution is 2.22. The number of carbonyl (C=O) groups is 2. The second kappa shape index (κ2) is 5.16. The van der Waals surface area contributed by atoms with Crippen molar-refractivity contribution >= 4 is 23.1 Å². The highest BCUT2D eigenvalue weighted by Gasteiger charge is 2.25. The van der Waals surface area contributed by atoms with Gasteiger partial charge in [-0.15, -0.1) is 0 Å². The van der Waals surface area contributed by atoms with E-state index in [2.05, 4.69) is 5.32 Å². The number of hydrogen-bond acceptors (Lipinski definition) is 3. The zero-order chi connectivity index (χ0) is 15.0. The highest BCUT2D eigenvalue weighted by molar-refractivity contribution is 6.06. The Morgan fingerprint density at radius 2 is 2.14 bits per heavy atom. The maximum absolute atomic E-state index is 12.3. The maximum atomic E-state index is 12.3. The molecule has 5 heteroatoms. The van der Waals surface area contributed by atoms with Crippen molar-refractivity contribution in [3.8, 4) is 0 Å². The lowest BCUT2D eigenvalue weighted by molar-refractivity contribution is -0.108. The monoisotopic (exact) mass is 284 g/mol. The van der Waals surface area contributed by atoms with Crippen molar-refractivity contribution in [2.75, 3.05) is 0 Å². The van der Waals surface area contributed by atoms with Crippen LogP contribution < -0.4 is 10.9 Å². The van der Waals surface area contributed by atoms with Gasteiger partial charge in [0.05, 0.1) is 17.6 Å². The summed E-state index contributed by atoms with van der Waals surface area (Å²) in [6, 6.07) is 7.10. The Morgan fingerprint density at radius 3 is 2.81 bits per heavy atom. The van der Waals surface area contributed by atoms with Crippen LogP contribution >= 0.6 is 0 Å². The van der Waals surface area contributed by atoms with Crippen LogP contribution in [0.1, 0.15) is 28.8 Å².